The van der Waals surface area contributed by atoms with Gasteiger partial charge in [0, 0.05) is 5.41 Å². The molecule has 1 amide bonds. The van der Waals surface area contributed by atoms with E-state index in [1.807, 2.05) is 30.3 Å². The molecule has 0 heterocycles. The second kappa shape index (κ2) is 10.8. The molecule has 0 aliphatic rings. The first-order chi connectivity index (χ1) is 14.2. The first kappa shape index (κ1) is 23.4. The highest BCUT2D eigenvalue weighted by molar-refractivity contribution is 7.94. The number of benzene rings is 2. The minimum Gasteiger partial charge on any atom is -0.444 e. The highest BCUT2D eigenvalue weighted by atomic mass is 32.2. The lowest BCUT2D eigenvalue weighted by atomic mass is 10.0. The molecule has 2 aromatic carbocycles. The van der Waals surface area contributed by atoms with Crippen LogP contribution < -0.4 is 5.32 Å². The van der Waals surface area contributed by atoms with Crippen LogP contribution in [0.5, 0.6) is 0 Å². The predicted octanol–water partition coefficient (Wildman–Crippen LogP) is 5.06. The van der Waals surface area contributed by atoms with Gasteiger partial charge in [0.05, 0.1) is 10.9 Å². The van der Waals surface area contributed by atoms with Crippen molar-refractivity contribution >= 4 is 15.9 Å². The Morgan fingerprint density at radius 3 is 2.20 bits per heavy atom. The Hall–Kier alpha value is -2.86. The van der Waals surface area contributed by atoms with Gasteiger partial charge in [-0.15, -0.1) is 0 Å². The summed E-state index contributed by atoms with van der Waals surface area (Å²) in [7, 11) is -3.50. The maximum absolute atomic E-state index is 12.3. The number of aryl methyl sites for hydroxylation is 1. The van der Waals surface area contributed by atoms with E-state index in [1.54, 1.807) is 63.3 Å². The summed E-state index contributed by atoms with van der Waals surface area (Å²) in [5, 5.41) is 4.00. The van der Waals surface area contributed by atoms with E-state index in [1.165, 1.54) is 6.08 Å². The number of ether oxygens (including phenoxy) is 1. The first-order valence-corrected chi connectivity index (χ1v) is 11.4. The summed E-state index contributed by atoms with van der Waals surface area (Å²) >= 11 is 0. The van der Waals surface area contributed by atoms with E-state index < -0.39 is 21.5 Å². The van der Waals surface area contributed by atoms with E-state index in [0.717, 1.165) is 17.4 Å². The van der Waals surface area contributed by atoms with Crippen molar-refractivity contribution in [3.8, 4) is 0 Å². The fourth-order valence-electron chi connectivity index (χ4n) is 2.68. The maximum Gasteiger partial charge on any atom is 0.408 e. The van der Waals surface area contributed by atoms with Gasteiger partial charge in [0.25, 0.3) is 0 Å². The fourth-order valence-corrected chi connectivity index (χ4v) is 3.67. The molecule has 5 nitrogen and oxygen atoms in total. The Morgan fingerprint density at radius 2 is 1.60 bits per heavy atom. The Morgan fingerprint density at radius 1 is 1.00 bits per heavy atom. The summed E-state index contributed by atoms with van der Waals surface area (Å²) in [6.45, 7) is 5.41. The number of amides is 1. The summed E-state index contributed by atoms with van der Waals surface area (Å²) in [4.78, 5) is 12.4. The van der Waals surface area contributed by atoms with Crippen LogP contribution in [0.25, 0.3) is 0 Å². The summed E-state index contributed by atoms with van der Waals surface area (Å²) in [6, 6.07) is 17.9. The largest absolute Gasteiger partial charge is 0.444 e. The number of nitrogens with one attached hydrogen (secondary N) is 1. The van der Waals surface area contributed by atoms with E-state index >= 15 is 0 Å². The molecule has 0 saturated carbocycles. The van der Waals surface area contributed by atoms with Crippen LogP contribution in [0.2, 0.25) is 0 Å². The number of sulfone groups is 1. The van der Waals surface area contributed by atoms with Crippen molar-refractivity contribution in [2.75, 3.05) is 0 Å². The van der Waals surface area contributed by atoms with Crippen LogP contribution in [-0.2, 0) is 21.0 Å². The average molecular weight is 428 g/mol. The Labute approximate surface area is 179 Å². The van der Waals surface area contributed by atoms with Gasteiger partial charge in [0.15, 0.2) is 9.84 Å². The highest BCUT2D eigenvalue weighted by Gasteiger charge is 2.18. The number of carbonyl (C=O) groups is 1. The average Bonchev–Trinajstić information content (AvgIpc) is 2.69. The van der Waals surface area contributed by atoms with Gasteiger partial charge < -0.3 is 10.1 Å². The molecule has 30 heavy (non-hydrogen) atoms. The van der Waals surface area contributed by atoms with E-state index in [0.29, 0.717) is 6.42 Å². The molecule has 2 aromatic rings. The van der Waals surface area contributed by atoms with Crippen LogP contribution in [0, 0.1) is 0 Å². The lowest BCUT2D eigenvalue weighted by Crippen LogP contribution is -2.38. The molecule has 0 unspecified atom stereocenters. The van der Waals surface area contributed by atoms with Crippen LogP contribution >= 0.6 is 0 Å². The number of carbonyl (C=O) groups excluding carboxylic acids is 1. The molecule has 0 bridgehead atoms. The third kappa shape index (κ3) is 8.66. The van der Waals surface area contributed by atoms with Gasteiger partial charge >= 0.3 is 6.09 Å². The lowest BCUT2D eigenvalue weighted by molar-refractivity contribution is 0.0512. The molecule has 0 fully saturated rings. The van der Waals surface area contributed by atoms with Crippen molar-refractivity contribution in [1.82, 2.24) is 5.32 Å². The summed E-state index contributed by atoms with van der Waals surface area (Å²) < 4.78 is 30.0. The van der Waals surface area contributed by atoms with E-state index in [2.05, 4.69) is 5.32 Å². The molecule has 6 heteroatoms. The third-order valence-electron chi connectivity index (χ3n) is 4.07. The maximum atomic E-state index is 12.3. The standard InChI is InChI=1S/C24H29NO4S/c1-24(2,3)29-23(26)25-21(18-17-20-12-6-4-7-13-20)14-10-11-19-30(27,28)22-15-8-5-9-16-22/h4-16,19,21H,17-18H2,1-3H3,(H,25,26)/t21-/m1/s1. The molecule has 1 N–H and O–H groups in total. The summed E-state index contributed by atoms with van der Waals surface area (Å²) in [5.74, 6) is 0. The summed E-state index contributed by atoms with van der Waals surface area (Å²) in [5.41, 5.74) is 0.561. The van der Waals surface area contributed by atoms with Gasteiger partial charge in [-0.2, -0.15) is 0 Å². The Balaban J connectivity index is 2.05. The topological polar surface area (TPSA) is 72.5 Å². The first-order valence-electron chi connectivity index (χ1n) is 9.84. The van der Waals surface area contributed by atoms with Gasteiger partial charge in [-0.1, -0.05) is 66.8 Å². The second-order valence-electron chi connectivity index (χ2n) is 7.85. The van der Waals surface area contributed by atoms with Crippen LogP contribution in [0.4, 0.5) is 4.79 Å². The van der Waals surface area contributed by atoms with Crippen LogP contribution in [0.3, 0.4) is 0 Å². The fraction of sp³-hybridized carbons (Fsp3) is 0.292. The van der Waals surface area contributed by atoms with Gasteiger partial charge in [-0.3, -0.25) is 0 Å². The van der Waals surface area contributed by atoms with Crippen molar-refractivity contribution in [2.24, 2.45) is 0 Å². The van der Waals surface area contributed by atoms with E-state index in [-0.39, 0.29) is 10.9 Å². The Bertz CT molecular complexity index is 959. The molecule has 160 valence electrons. The van der Waals surface area contributed by atoms with E-state index in [4.69, 9.17) is 4.74 Å². The monoisotopic (exact) mass is 427 g/mol. The van der Waals surface area contributed by atoms with Gasteiger partial charge in [-0.25, -0.2) is 13.2 Å². The van der Waals surface area contributed by atoms with Crippen molar-refractivity contribution in [3.05, 3.63) is 89.9 Å². The normalized spacial score (nSPS) is 13.4. The zero-order valence-corrected chi connectivity index (χ0v) is 18.4. The second-order valence-corrected chi connectivity index (χ2v) is 9.68. The van der Waals surface area contributed by atoms with Crippen LogP contribution in [0.1, 0.15) is 32.8 Å². The quantitative estimate of drug-likeness (QED) is 0.598. The molecular weight excluding hydrogens is 398 g/mol. The molecule has 0 saturated heterocycles. The van der Waals surface area contributed by atoms with Gasteiger partial charge in [0.1, 0.15) is 5.60 Å². The van der Waals surface area contributed by atoms with Crippen molar-refractivity contribution in [2.45, 2.75) is 50.2 Å². The Kier molecular flexibility index (Phi) is 8.42. The molecule has 0 aromatic heterocycles. The molecule has 0 spiro atoms. The predicted molar refractivity (Wildman–Crippen MR) is 120 cm³/mol. The zero-order chi connectivity index (χ0) is 22.0. The van der Waals surface area contributed by atoms with Gasteiger partial charge in [0.2, 0.25) is 0 Å². The van der Waals surface area contributed by atoms with Crippen molar-refractivity contribution in [1.29, 1.82) is 0 Å². The lowest BCUT2D eigenvalue weighted by Gasteiger charge is -2.22. The van der Waals surface area contributed by atoms with Crippen molar-refractivity contribution < 1.29 is 17.9 Å². The SMILES string of the molecule is CC(C)(C)OC(=O)N[C@H](C=CC=CS(=O)(=O)c1ccccc1)CCc1ccccc1. The minimum atomic E-state index is -3.50. The third-order valence-corrected chi connectivity index (χ3v) is 5.52. The van der Waals surface area contributed by atoms with Crippen LogP contribution in [0.15, 0.2) is 89.2 Å². The number of rotatable bonds is 8. The number of hydrogen-bond acceptors (Lipinski definition) is 4. The molecule has 1 atom stereocenters. The zero-order valence-electron chi connectivity index (χ0n) is 17.6. The molecule has 0 radical (unpaired) electrons. The van der Waals surface area contributed by atoms with Gasteiger partial charge in [-0.05, 0) is 51.3 Å². The summed E-state index contributed by atoms with van der Waals surface area (Å²) in [6.07, 6.45) is 5.77. The molecular formula is C24H29NO4S. The van der Waals surface area contributed by atoms with E-state index in [9.17, 15) is 13.2 Å². The minimum absolute atomic E-state index is 0.238. The van der Waals surface area contributed by atoms with Crippen LogP contribution in [-0.4, -0.2) is 26.2 Å². The number of alkyl carbamates (subject to hydrolysis) is 1. The van der Waals surface area contributed by atoms with Crippen molar-refractivity contribution in [3.63, 3.8) is 0 Å². The number of hydrogen-bond donors (Lipinski definition) is 1. The highest BCUT2D eigenvalue weighted by Crippen LogP contribution is 2.12. The number of allylic oxidation sites excluding steroid dienone is 2. The molecule has 0 aliphatic carbocycles. The smallest absolute Gasteiger partial charge is 0.408 e. The molecule has 0 aliphatic heterocycles. The molecule has 2 rings (SSSR count).